The summed E-state index contributed by atoms with van der Waals surface area (Å²) in [6, 6.07) is 30.7. The molecule has 3 aromatic carbocycles. The van der Waals surface area contributed by atoms with Crippen LogP contribution in [-0.4, -0.2) is 18.7 Å². The first-order chi connectivity index (χ1) is 14.6. The number of benzene rings is 3. The standard InChI is InChI=1S/C26H23IO3/c1-19(27)24-17-23(30-25(24)28)18-29-26(20-11-5-2-6-12-20,21-13-7-3-8-14-21)22-15-9-4-10-16-22/h2-16,23H,17-18H2,1H3/b24-19-/t23-/m0/s1. The Balaban J connectivity index is 1.78. The molecule has 3 nitrogen and oxygen atoms in total. The van der Waals surface area contributed by atoms with Gasteiger partial charge in [0.2, 0.25) is 0 Å². The summed E-state index contributed by atoms with van der Waals surface area (Å²) in [5.41, 5.74) is 3.05. The highest BCUT2D eigenvalue weighted by Crippen LogP contribution is 2.41. The summed E-state index contributed by atoms with van der Waals surface area (Å²) in [5, 5.41) is 0. The molecule has 0 spiro atoms. The van der Waals surface area contributed by atoms with Crippen molar-refractivity contribution in [2.75, 3.05) is 6.61 Å². The summed E-state index contributed by atoms with van der Waals surface area (Å²) in [6.45, 7) is 2.24. The van der Waals surface area contributed by atoms with Crippen LogP contribution >= 0.6 is 22.6 Å². The number of halogens is 1. The van der Waals surface area contributed by atoms with Gasteiger partial charge in [-0.25, -0.2) is 4.79 Å². The number of ether oxygens (including phenoxy) is 2. The third-order valence-corrected chi connectivity index (χ3v) is 6.05. The summed E-state index contributed by atoms with van der Waals surface area (Å²) in [4.78, 5) is 12.2. The number of esters is 1. The van der Waals surface area contributed by atoms with Gasteiger partial charge >= 0.3 is 5.97 Å². The second-order valence-electron chi connectivity index (χ2n) is 7.33. The van der Waals surface area contributed by atoms with Crippen molar-refractivity contribution in [1.82, 2.24) is 0 Å². The molecule has 1 fully saturated rings. The molecule has 1 aliphatic rings. The maximum atomic E-state index is 12.2. The van der Waals surface area contributed by atoms with Crippen LogP contribution in [0.15, 0.2) is 100 Å². The summed E-state index contributed by atoms with van der Waals surface area (Å²) < 4.78 is 13.3. The Morgan fingerprint density at radius 3 is 1.70 bits per heavy atom. The molecule has 0 aliphatic carbocycles. The number of carbonyl (C=O) groups excluding carboxylic acids is 1. The SMILES string of the molecule is C/C(I)=C1\C[C@@H](COC(c2ccccc2)(c2ccccc2)c2ccccc2)OC1=O. The molecule has 1 atom stereocenters. The number of hydrogen-bond donors (Lipinski definition) is 0. The normalized spacial score (nSPS) is 18.2. The zero-order valence-electron chi connectivity index (χ0n) is 16.8. The van der Waals surface area contributed by atoms with E-state index in [0.29, 0.717) is 13.0 Å². The zero-order valence-corrected chi connectivity index (χ0v) is 18.9. The van der Waals surface area contributed by atoms with Gasteiger partial charge in [0.1, 0.15) is 11.7 Å². The maximum absolute atomic E-state index is 12.2. The van der Waals surface area contributed by atoms with Crippen molar-refractivity contribution < 1.29 is 14.3 Å². The van der Waals surface area contributed by atoms with Crippen LogP contribution in [0.3, 0.4) is 0 Å². The molecule has 4 heteroatoms. The van der Waals surface area contributed by atoms with Crippen LogP contribution in [0, 0.1) is 0 Å². The topological polar surface area (TPSA) is 35.5 Å². The van der Waals surface area contributed by atoms with Crippen LogP contribution in [0.2, 0.25) is 0 Å². The van der Waals surface area contributed by atoms with E-state index in [9.17, 15) is 4.79 Å². The second-order valence-corrected chi connectivity index (χ2v) is 8.95. The average Bonchev–Trinajstić information content (AvgIpc) is 3.17. The lowest BCUT2D eigenvalue weighted by Gasteiger charge is -2.36. The van der Waals surface area contributed by atoms with Crippen LogP contribution < -0.4 is 0 Å². The van der Waals surface area contributed by atoms with Crippen molar-refractivity contribution in [3.05, 3.63) is 117 Å². The fraction of sp³-hybridized carbons (Fsp3) is 0.192. The van der Waals surface area contributed by atoms with Gasteiger partial charge in [-0.1, -0.05) is 91.0 Å². The Bertz CT molecular complexity index is 929. The van der Waals surface area contributed by atoms with Crippen molar-refractivity contribution in [2.45, 2.75) is 25.0 Å². The van der Waals surface area contributed by atoms with E-state index in [2.05, 4.69) is 59.0 Å². The molecule has 4 rings (SSSR count). The lowest BCUT2D eigenvalue weighted by Crippen LogP contribution is -2.35. The van der Waals surface area contributed by atoms with Gasteiger partial charge < -0.3 is 9.47 Å². The second kappa shape index (κ2) is 9.14. The van der Waals surface area contributed by atoms with E-state index >= 15 is 0 Å². The van der Waals surface area contributed by atoms with Gasteiger partial charge in [0, 0.05) is 12.0 Å². The van der Waals surface area contributed by atoms with Crippen LogP contribution in [0.4, 0.5) is 0 Å². The molecule has 30 heavy (non-hydrogen) atoms. The Labute approximate surface area is 190 Å². The Morgan fingerprint density at radius 2 is 1.33 bits per heavy atom. The first-order valence-corrected chi connectivity index (χ1v) is 11.1. The molecule has 1 aliphatic heterocycles. The Morgan fingerprint density at radius 1 is 0.900 bits per heavy atom. The van der Waals surface area contributed by atoms with Crippen molar-refractivity contribution in [1.29, 1.82) is 0 Å². The number of hydrogen-bond acceptors (Lipinski definition) is 3. The average molecular weight is 510 g/mol. The van der Waals surface area contributed by atoms with E-state index in [0.717, 1.165) is 25.8 Å². The minimum Gasteiger partial charge on any atom is -0.456 e. The van der Waals surface area contributed by atoms with Crippen molar-refractivity contribution in [2.24, 2.45) is 0 Å². The summed E-state index contributed by atoms with van der Waals surface area (Å²) in [7, 11) is 0. The molecule has 1 saturated heterocycles. The van der Waals surface area contributed by atoms with E-state index in [1.165, 1.54) is 0 Å². The van der Waals surface area contributed by atoms with E-state index < -0.39 is 5.60 Å². The third kappa shape index (κ3) is 4.07. The van der Waals surface area contributed by atoms with Crippen LogP contribution in [0.1, 0.15) is 30.0 Å². The number of cyclic esters (lactones) is 1. The molecule has 0 N–H and O–H groups in total. The molecule has 0 amide bonds. The summed E-state index contributed by atoms with van der Waals surface area (Å²) >= 11 is 2.18. The Hall–Kier alpha value is -2.44. The van der Waals surface area contributed by atoms with Crippen molar-refractivity contribution in [3.63, 3.8) is 0 Å². The fourth-order valence-corrected chi connectivity index (χ4v) is 4.38. The highest BCUT2D eigenvalue weighted by molar-refractivity contribution is 14.1. The third-order valence-electron chi connectivity index (χ3n) is 5.39. The molecule has 3 aromatic rings. The highest BCUT2D eigenvalue weighted by Gasteiger charge is 2.40. The van der Waals surface area contributed by atoms with Crippen molar-refractivity contribution >= 4 is 28.6 Å². The zero-order chi connectivity index (χ0) is 21.0. The minimum atomic E-state index is -0.804. The molecule has 152 valence electrons. The predicted molar refractivity (Wildman–Crippen MR) is 126 cm³/mol. The molecular formula is C26H23IO3. The van der Waals surface area contributed by atoms with Gasteiger partial charge in [-0.2, -0.15) is 0 Å². The highest BCUT2D eigenvalue weighted by atomic mass is 127. The van der Waals surface area contributed by atoms with Gasteiger partial charge in [0.05, 0.1) is 6.61 Å². The van der Waals surface area contributed by atoms with Gasteiger partial charge in [-0.15, -0.1) is 0 Å². The first-order valence-electron chi connectivity index (χ1n) is 9.98. The monoisotopic (exact) mass is 510 g/mol. The Kier molecular flexibility index (Phi) is 6.35. The largest absolute Gasteiger partial charge is 0.456 e. The summed E-state index contributed by atoms with van der Waals surface area (Å²) in [5.74, 6) is -0.236. The number of allylic oxidation sites excluding steroid dienone is 1. The lowest BCUT2D eigenvalue weighted by atomic mass is 9.80. The number of carbonyl (C=O) groups is 1. The van der Waals surface area contributed by atoms with E-state index in [1.807, 2.05) is 61.5 Å². The lowest BCUT2D eigenvalue weighted by molar-refractivity contribution is -0.143. The van der Waals surface area contributed by atoms with Gasteiger partial charge in [-0.3, -0.25) is 0 Å². The van der Waals surface area contributed by atoms with Gasteiger partial charge in [-0.05, 0) is 49.8 Å². The summed E-state index contributed by atoms with van der Waals surface area (Å²) in [6.07, 6.45) is 0.273. The van der Waals surface area contributed by atoms with Gasteiger partial charge in [0.15, 0.2) is 0 Å². The molecule has 1 heterocycles. The molecule has 0 saturated carbocycles. The molecule has 0 bridgehead atoms. The molecule has 0 aromatic heterocycles. The van der Waals surface area contributed by atoms with E-state index in [-0.39, 0.29) is 12.1 Å². The van der Waals surface area contributed by atoms with Gasteiger partial charge in [0.25, 0.3) is 0 Å². The van der Waals surface area contributed by atoms with Crippen molar-refractivity contribution in [3.8, 4) is 0 Å². The van der Waals surface area contributed by atoms with E-state index in [1.54, 1.807) is 0 Å². The molecule has 0 radical (unpaired) electrons. The predicted octanol–water partition coefficient (Wildman–Crippen LogP) is 6.02. The first kappa shape index (κ1) is 20.8. The van der Waals surface area contributed by atoms with Crippen LogP contribution in [0.25, 0.3) is 0 Å². The van der Waals surface area contributed by atoms with E-state index in [4.69, 9.17) is 9.47 Å². The quantitative estimate of drug-likeness (QED) is 0.176. The number of rotatable bonds is 6. The minimum absolute atomic E-state index is 0.236. The maximum Gasteiger partial charge on any atom is 0.335 e. The van der Waals surface area contributed by atoms with Crippen LogP contribution in [-0.2, 0) is 19.9 Å². The fourth-order valence-electron chi connectivity index (χ4n) is 3.94. The molecule has 0 unspecified atom stereocenters. The smallest absolute Gasteiger partial charge is 0.335 e. The molecular weight excluding hydrogens is 487 g/mol. The van der Waals surface area contributed by atoms with Crippen LogP contribution in [0.5, 0.6) is 0 Å².